The van der Waals surface area contributed by atoms with Crippen molar-refractivity contribution in [1.29, 1.82) is 5.26 Å². The van der Waals surface area contributed by atoms with Crippen LogP contribution >= 0.6 is 0 Å². The summed E-state index contributed by atoms with van der Waals surface area (Å²) in [6, 6.07) is 17.0. The number of benzene rings is 2. The molecule has 0 N–H and O–H groups in total. The highest BCUT2D eigenvalue weighted by Gasteiger charge is 2.17. The third-order valence-electron chi connectivity index (χ3n) is 3.68. The second-order valence-corrected chi connectivity index (χ2v) is 4.91. The van der Waals surface area contributed by atoms with Crippen LogP contribution in [0.5, 0.6) is 0 Å². The van der Waals surface area contributed by atoms with Crippen LogP contribution in [-0.4, -0.2) is 4.40 Å². The second kappa shape index (κ2) is 4.15. The molecular weight excluding hydrogens is 262 g/mol. The van der Waals surface area contributed by atoms with Crippen molar-refractivity contribution in [3.8, 4) is 11.8 Å². The minimum atomic E-state index is -0.140. The third kappa shape index (κ3) is 1.61. The van der Waals surface area contributed by atoms with Gasteiger partial charge in [0.15, 0.2) is 5.52 Å². The van der Waals surface area contributed by atoms with Crippen LogP contribution in [0.25, 0.3) is 22.0 Å². The molecule has 0 atom stereocenters. The summed E-state index contributed by atoms with van der Waals surface area (Å²) in [5.41, 5.74) is 2.01. The van der Waals surface area contributed by atoms with Gasteiger partial charge in [0.05, 0.1) is 17.0 Å². The summed E-state index contributed by atoms with van der Waals surface area (Å²) in [7, 11) is 0. The summed E-state index contributed by atoms with van der Waals surface area (Å²) >= 11 is 0. The van der Waals surface area contributed by atoms with Crippen molar-refractivity contribution < 1.29 is 4.57 Å². The maximum Gasteiger partial charge on any atom is 0.508 e. The molecule has 2 aromatic carbocycles. The Bertz CT molecular complexity index is 1070. The van der Waals surface area contributed by atoms with Gasteiger partial charge in [0.25, 0.3) is 0 Å². The Balaban J connectivity index is 2.12. The fourth-order valence-electron chi connectivity index (χ4n) is 2.71. The van der Waals surface area contributed by atoms with E-state index in [1.165, 1.54) is 0 Å². The topological polar surface area (TPSA) is 49.1 Å². The molecule has 0 unspecified atom stereocenters. The van der Waals surface area contributed by atoms with Crippen molar-refractivity contribution in [2.24, 2.45) is 0 Å². The molecule has 0 aliphatic rings. The van der Waals surface area contributed by atoms with E-state index in [9.17, 15) is 4.79 Å². The Hall–Kier alpha value is -3.19. The first-order valence-corrected chi connectivity index (χ1v) is 6.56. The van der Waals surface area contributed by atoms with Gasteiger partial charge in [0.1, 0.15) is 18.1 Å². The average molecular weight is 272 g/mol. The van der Waals surface area contributed by atoms with Gasteiger partial charge in [0.2, 0.25) is 0 Å². The first-order chi connectivity index (χ1) is 10.3. The number of hydrogen-bond donors (Lipinski definition) is 0. The Morgan fingerprint density at radius 1 is 1.05 bits per heavy atom. The maximum absolute atomic E-state index is 12.6. The molecule has 21 heavy (non-hydrogen) atoms. The normalized spacial score (nSPS) is 11.0. The van der Waals surface area contributed by atoms with Gasteiger partial charge < -0.3 is 0 Å². The van der Waals surface area contributed by atoms with Gasteiger partial charge in [-0.2, -0.15) is 19.0 Å². The van der Waals surface area contributed by atoms with Crippen LogP contribution in [0, 0.1) is 11.3 Å². The van der Waals surface area contributed by atoms with Gasteiger partial charge in [-0.05, 0) is 24.3 Å². The van der Waals surface area contributed by atoms with Gasteiger partial charge in [-0.25, -0.2) is 0 Å². The summed E-state index contributed by atoms with van der Waals surface area (Å²) < 4.78 is 3.21. The van der Waals surface area contributed by atoms with Crippen molar-refractivity contribution >= 4 is 16.3 Å². The van der Waals surface area contributed by atoms with Crippen molar-refractivity contribution in [2.75, 3.05) is 0 Å². The predicted molar refractivity (Wildman–Crippen MR) is 78.6 cm³/mol. The minimum Gasteiger partial charge on any atom is -0.196 e. The quantitative estimate of drug-likeness (QED) is 0.498. The lowest BCUT2D eigenvalue weighted by atomic mass is 10.2. The second-order valence-electron chi connectivity index (χ2n) is 4.91. The molecule has 0 aliphatic heterocycles. The summed E-state index contributed by atoms with van der Waals surface area (Å²) in [5.74, 6) is 0. The fourth-order valence-corrected chi connectivity index (χ4v) is 2.71. The third-order valence-corrected chi connectivity index (χ3v) is 3.68. The van der Waals surface area contributed by atoms with E-state index in [4.69, 9.17) is 5.26 Å². The number of nitrogens with zero attached hydrogens (tertiary/aromatic N) is 3. The van der Waals surface area contributed by atoms with Gasteiger partial charge in [-0.3, -0.25) is 0 Å². The zero-order valence-corrected chi connectivity index (χ0v) is 11.0. The van der Waals surface area contributed by atoms with Gasteiger partial charge >= 0.3 is 5.69 Å². The molecule has 4 rings (SSSR count). The largest absolute Gasteiger partial charge is 0.508 e. The van der Waals surface area contributed by atoms with Gasteiger partial charge in [-0.15, -0.1) is 0 Å². The lowest BCUT2D eigenvalue weighted by molar-refractivity contribution is -0.614. The van der Waals surface area contributed by atoms with Crippen LogP contribution in [0.15, 0.2) is 65.7 Å². The Labute approximate surface area is 120 Å². The fraction of sp³-hybridized carbons (Fsp3) is 0. The SMILES string of the molecule is N#Cc1cccc(-[n+]2cc3cccc4ccn(c2=O)c43)c1. The molecule has 0 aliphatic carbocycles. The Kier molecular flexibility index (Phi) is 2.30. The van der Waals surface area contributed by atoms with E-state index in [1.807, 2.05) is 36.5 Å². The summed E-state index contributed by atoms with van der Waals surface area (Å²) in [6.07, 6.45) is 3.60. The molecule has 0 saturated heterocycles. The zero-order valence-electron chi connectivity index (χ0n) is 11.0. The van der Waals surface area contributed by atoms with Crippen LogP contribution < -0.4 is 10.3 Å². The number of para-hydroxylation sites is 1. The molecule has 4 aromatic rings. The van der Waals surface area contributed by atoms with Crippen molar-refractivity contribution in [3.05, 3.63) is 77.0 Å². The van der Waals surface area contributed by atoms with E-state index in [1.54, 1.807) is 33.4 Å². The van der Waals surface area contributed by atoms with E-state index in [2.05, 4.69) is 6.07 Å². The highest BCUT2D eigenvalue weighted by atomic mass is 16.1. The van der Waals surface area contributed by atoms with E-state index in [0.29, 0.717) is 11.3 Å². The molecule has 98 valence electrons. The van der Waals surface area contributed by atoms with Gasteiger partial charge in [0, 0.05) is 11.5 Å². The molecule has 0 saturated carbocycles. The zero-order chi connectivity index (χ0) is 14.4. The van der Waals surface area contributed by atoms with E-state index < -0.39 is 0 Å². The lowest BCUT2D eigenvalue weighted by Crippen LogP contribution is -2.50. The Morgan fingerprint density at radius 2 is 1.86 bits per heavy atom. The number of nitriles is 1. The van der Waals surface area contributed by atoms with Crippen LogP contribution in [0.4, 0.5) is 0 Å². The lowest BCUT2D eigenvalue weighted by Gasteiger charge is -2.01. The average Bonchev–Trinajstić information content (AvgIpc) is 2.97. The molecule has 0 bridgehead atoms. The molecule has 0 amide bonds. The smallest absolute Gasteiger partial charge is 0.196 e. The van der Waals surface area contributed by atoms with E-state index >= 15 is 0 Å². The molecule has 2 heterocycles. The van der Waals surface area contributed by atoms with Crippen molar-refractivity contribution in [2.45, 2.75) is 0 Å². The molecule has 4 heteroatoms. The summed E-state index contributed by atoms with van der Waals surface area (Å²) in [5, 5.41) is 11.0. The molecule has 2 aromatic heterocycles. The summed E-state index contributed by atoms with van der Waals surface area (Å²) in [4.78, 5) is 12.6. The minimum absolute atomic E-state index is 0.140. The van der Waals surface area contributed by atoms with Crippen LogP contribution in [-0.2, 0) is 0 Å². The van der Waals surface area contributed by atoms with Gasteiger partial charge in [-0.1, -0.05) is 18.2 Å². The van der Waals surface area contributed by atoms with E-state index in [-0.39, 0.29) is 5.69 Å². The maximum atomic E-state index is 12.6. The highest BCUT2D eigenvalue weighted by molar-refractivity contribution is 5.95. The molecule has 4 nitrogen and oxygen atoms in total. The molecule has 0 spiro atoms. The van der Waals surface area contributed by atoms with Crippen LogP contribution in [0.1, 0.15) is 5.56 Å². The van der Waals surface area contributed by atoms with Crippen LogP contribution in [0.2, 0.25) is 0 Å². The molecule has 0 fully saturated rings. The predicted octanol–water partition coefficient (Wildman–Crippen LogP) is 2.04. The first-order valence-electron chi connectivity index (χ1n) is 6.56. The van der Waals surface area contributed by atoms with Crippen molar-refractivity contribution in [3.63, 3.8) is 0 Å². The summed E-state index contributed by atoms with van der Waals surface area (Å²) in [6.45, 7) is 0. The number of aromatic nitrogens is 2. The van der Waals surface area contributed by atoms with Crippen molar-refractivity contribution in [1.82, 2.24) is 4.40 Å². The van der Waals surface area contributed by atoms with Crippen LogP contribution in [0.3, 0.4) is 0 Å². The van der Waals surface area contributed by atoms with E-state index in [0.717, 1.165) is 16.3 Å². The Morgan fingerprint density at radius 3 is 2.71 bits per heavy atom. The molecular formula is C17H10N3O+. The number of rotatable bonds is 1. The monoisotopic (exact) mass is 272 g/mol. The standard InChI is InChI=1S/C17H10N3O/c18-10-12-3-1-6-15(9-12)20-11-14-5-2-4-13-7-8-19(16(13)14)17(20)21/h1-9,11H/q+1. The first kappa shape index (κ1) is 11.6. The molecule has 0 radical (unpaired) electrons. The number of hydrogen-bond acceptors (Lipinski definition) is 2. The highest BCUT2D eigenvalue weighted by Crippen LogP contribution is 2.19.